The van der Waals surface area contributed by atoms with Gasteiger partial charge < -0.3 is 30.0 Å². The summed E-state index contributed by atoms with van der Waals surface area (Å²) in [5, 5.41) is 4.05. The van der Waals surface area contributed by atoms with Gasteiger partial charge in [0.15, 0.2) is 5.82 Å². The smallest absolute Gasteiger partial charge is 0.382 e. The summed E-state index contributed by atoms with van der Waals surface area (Å²) >= 11 is 0. The molecule has 3 heterocycles. The Morgan fingerprint density at radius 2 is 1.94 bits per heavy atom. The number of anilines is 1. The van der Waals surface area contributed by atoms with Gasteiger partial charge in [0.05, 0.1) is 12.3 Å². The van der Waals surface area contributed by atoms with Crippen molar-refractivity contribution in [1.82, 2.24) is 14.6 Å². The second-order valence-corrected chi connectivity index (χ2v) is 10.9. The molecule has 0 aliphatic carbocycles. The van der Waals surface area contributed by atoms with E-state index >= 15 is 0 Å². The van der Waals surface area contributed by atoms with Crippen molar-refractivity contribution in [3.05, 3.63) is 24.2 Å². The normalized spacial score (nSPS) is 26.0. The largest absolute Gasteiger partial charge is 0.490 e. The predicted molar refractivity (Wildman–Crippen MR) is 99.0 cm³/mol. The molecule has 3 rings (SSSR count). The van der Waals surface area contributed by atoms with E-state index < -0.39 is 48.5 Å². The first-order valence-corrected chi connectivity index (χ1v) is 12.9. The highest BCUT2D eigenvalue weighted by Crippen LogP contribution is 2.66. The fourth-order valence-corrected chi connectivity index (χ4v) is 6.08. The lowest BCUT2D eigenvalue weighted by Crippen LogP contribution is -2.36. The zero-order valence-corrected chi connectivity index (χ0v) is 18.1. The molecular weight excluding hydrogens is 488 g/mol. The maximum absolute atomic E-state index is 13.8. The first kappa shape index (κ1) is 24.4. The third-order valence-electron chi connectivity index (χ3n) is 4.25. The second kappa shape index (κ2) is 8.58. The highest BCUT2D eigenvalue weighted by molar-refractivity contribution is 7.66. The molecule has 2 aromatic rings. The SMILES string of the molecule is Nc1ncnn2c([C@H]3CC[C@@](CF)(COP(=O)(O)OP(=O)(O)OP(=O)(O)O)O3)ccc12. The molecule has 0 radical (unpaired) electrons. The minimum Gasteiger partial charge on any atom is -0.382 e. The van der Waals surface area contributed by atoms with Crippen LogP contribution in [-0.2, 0) is 31.6 Å². The lowest BCUT2D eigenvalue weighted by molar-refractivity contribution is -0.0859. The quantitative estimate of drug-likeness (QED) is 0.302. The van der Waals surface area contributed by atoms with Crippen molar-refractivity contribution >= 4 is 34.8 Å². The summed E-state index contributed by atoms with van der Waals surface area (Å²) in [7, 11) is -16.6. The maximum Gasteiger partial charge on any atom is 0.490 e. The Morgan fingerprint density at radius 1 is 1.23 bits per heavy atom. The molecular formula is C12H18FN4O11P3. The predicted octanol–water partition coefficient (Wildman–Crippen LogP) is 1.21. The monoisotopic (exact) mass is 506 g/mol. The van der Waals surface area contributed by atoms with Crippen LogP contribution in [0.4, 0.5) is 10.2 Å². The van der Waals surface area contributed by atoms with E-state index in [0.717, 1.165) is 0 Å². The topological polar surface area (TPSA) is 225 Å². The van der Waals surface area contributed by atoms with E-state index in [4.69, 9.17) is 25.2 Å². The van der Waals surface area contributed by atoms with Crippen molar-refractivity contribution in [1.29, 1.82) is 0 Å². The highest BCUT2D eigenvalue weighted by Gasteiger charge is 2.46. The average molecular weight is 506 g/mol. The fourth-order valence-electron chi connectivity index (χ4n) is 2.98. The van der Waals surface area contributed by atoms with Crippen LogP contribution < -0.4 is 5.73 Å². The summed E-state index contributed by atoms with van der Waals surface area (Å²) in [6.07, 6.45) is 0.813. The van der Waals surface area contributed by atoms with Crippen LogP contribution in [-0.4, -0.2) is 53.1 Å². The molecule has 31 heavy (non-hydrogen) atoms. The molecule has 2 unspecified atom stereocenters. The summed E-state index contributed by atoms with van der Waals surface area (Å²) in [5.74, 6) is 0.212. The Balaban J connectivity index is 1.69. The molecule has 1 fully saturated rings. The summed E-state index contributed by atoms with van der Waals surface area (Å²) in [6.45, 7) is -2.04. The van der Waals surface area contributed by atoms with Gasteiger partial charge in [0.25, 0.3) is 0 Å². The van der Waals surface area contributed by atoms with Crippen molar-refractivity contribution in [2.24, 2.45) is 0 Å². The van der Waals surface area contributed by atoms with Crippen LogP contribution in [0.1, 0.15) is 24.6 Å². The van der Waals surface area contributed by atoms with Gasteiger partial charge in [-0.1, -0.05) is 0 Å². The first-order chi connectivity index (χ1) is 14.2. The number of aromatic nitrogens is 3. The van der Waals surface area contributed by atoms with Crippen LogP contribution in [0.5, 0.6) is 0 Å². The number of nitrogen functional groups attached to an aromatic ring is 1. The van der Waals surface area contributed by atoms with E-state index in [9.17, 15) is 23.0 Å². The van der Waals surface area contributed by atoms with E-state index in [2.05, 4.69) is 23.2 Å². The first-order valence-electron chi connectivity index (χ1n) is 8.35. The summed E-state index contributed by atoms with van der Waals surface area (Å²) < 4.78 is 66.6. The number of ether oxygens (including phenoxy) is 1. The zero-order chi connectivity index (χ0) is 23.1. The van der Waals surface area contributed by atoms with Gasteiger partial charge in [-0.05, 0) is 25.0 Å². The second-order valence-electron chi connectivity index (χ2n) is 6.53. The van der Waals surface area contributed by atoms with E-state index in [1.165, 1.54) is 10.8 Å². The lowest BCUT2D eigenvalue weighted by Gasteiger charge is -2.27. The molecule has 1 saturated heterocycles. The molecule has 1 aliphatic heterocycles. The fraction of sp³-hybridized carbons (Fsp3) is 0.500. The number of phosphoric acid groups is 3. The Bertz CT molecular complexity index is 1110. The van der Waals surface area contributed by atoms with E-state index in [0.29, 0.717) is 11.2 Å². The van der Waals surface area contributed by atoms with Crippen LogP contribution in [0.3, 0.4) is 0 Å². The Kier molecular flexibility index (Phi) is 6.74. The number of phosphoric ester groups is 1. The molecule has 174 valence electrons. The molecule has 1 aliphatic rings. The van der Waals surface area contributed by atoms with Gasteiger partial charge in [0.2, 0.25) is 0 Å². The van der Waals surface area contributed by atoms with Gasteiger partial charge in [-0.3, -0.25) is 4.52 Å². The number of alkyl halides is 1. The third kappa shape index (κ3) is 5.95. The van der Waals surface area contributed by atoms with E-state index in [1.54, 1.807) is 12.1 Å². The third-order valence-corrected chi connectivity index (χ3v) is 8.03. The Labute approximate surface area is 173 Å². The number of hydrogen-bond donors (Lipinski definition) is 5. The van der Waals surface area contributed by atoms with Gasteiger partial charge >= 0.3 is 23.5 Å². The van der Waals surface area contributed by atoms with Gasteiger partial charge in [0, 0.05) is 0 Å². The molecule has 15 nitrogen and oxygen atoms in total. The maximum atomic E-state index is 13.8. The molecule has 0 saturated carbocycles. The molecule has 0 bridgehead atoms. The van der Waals surface area contributed by atoms with Crippen molar-refractivity contribution in [2.75, 3.05) is 19.0 Å². The van der Waals surface area contributed by atoms with E-state index in [-0.39, 0.29) is 18.7 Å². The summed E-state index contributed by atoms with van der Waals surface area (Å²) in [4.78, 5) is 39.6. The van der Waals surface area contributed by atoms with Crippen LogP contribution in [0.15, 0.2) is 18.5 Å². The highest BCUT2D eigenvalue weighted by atomic mass is 31.3. The standard InChI is InChI=1S/C12H18FN4O11P3/c13-5-12(6-25-30(21,22)28-31(23,24)27-29(18,19)20)4-3-10(26-12)8-1-2-9-11(14)15-7-16-17(8)9/h1-2,7,10H,3-6H2,(H,21,22)(H,23,24)(H2,14,15,16)(H2,18,19,20)/t10-,12-/m1/s1. The van der Waals surface area contributed by atoms with Crippen LogP contribution in [0.2, 0.25) is 0 Å². The van der Waals surface area contributed by atoms with Crippen molar-refractivity contribution in [3.8, 4) is 0 Å². The number of fused-ring (bicyclic) bond motifs is 1. The number of halogens is 1. The average Bonchev–Trinajstić information content (AvgIpc) is 3.22. The molecule has 4 atom stereocenters. The van der Waals surface area contributed by atoms with Crippen LogP contribution in [0, 0.1) is 0 Å². The molecule has 0 aromatic carbocycles. The van der Waals surface area contributed by atoms with Gasteiger partial charge in [-0.15, -0.1) is 0 Å². The van der Waals surface area contributed by atoms with Crippen LogP contribution >= 0.6 is 23.5 Å². The molecule has 19 heteroatoms. The van der Waals surface area contributed by atoms with Crippen molar-refractivity contribution in [2.45, 2.75) is 24.5 Å². The minimum absolute atomic E-state index is 0.0255. The van der Waals surface area contributed by atoms with Gasteiger partial charge in [-0.2, -0.15) is 13.7 Å². The van der Waals surface area contributed by atoms with Gasteiger partial charge in [-0.25, -0.2) is 27.6 Å². The van der Waals surface area contributed by atoms with Crippen molar-refractivity contribution < 1.29 is 55.5 Å². The summed E-state index contributed by atoms with van der Waals surface area (Å²) in [6, 6.07) is 3.28. The number of rotatable bonds is 9. The number of nitrogens with zero attached hydrogens (tertiary/aromatic N) is 3. The Morgan fingerprint density at radius 3 is 2.58 bits per heavy atom. The van der Waals surface area contributed by atoms with Crippen molar-refractivity contribution in [3.63, 3.8) is 0 Å². The number of nitrogens with two attached hydrogens (primary N) is 1. The minimum atomic E-state index is -5.68. The van der Waals surface area contributed by atoms with E-state index in [1.807, 2.05) is 0 Å². The summed E-state index contributed by atoms with van der Waals surface area (Å²) in [5.41, 5.74) is 5.06. The van der Waals surface area contributed by atoms with Gasteiger partial charge in [0.1, 0.15) is 30.2 Å². The Hall–Kier alpha value is -1.28. The molecule has 0 amide bonds. The lowest BCUT2D eigenvalue weighted by atomic mass is 10.0. The number of hydrogen-bond acceptors (Lipinski definition) is 10. The molecule has 0 spiro atoms. The molecule has 6 N–H and O–H groups in total. The van der Waals surface area contributed by atoms with Crippen LogP contribution in [0.25, 0.3) is 5.52 Å². The molecule has 2 aromatic heterocycles. The zero-order valence-electron chi connectivity index (χ0n) is 15.4.